The first-order valence-electron chi connectivity index (χ1n) is 11.6. The summed E-state index contributed by atoms with van der Waals surface area (Å²) in [6.45, 7) is 9.02. The van der Waals surface area contributed by atoms with E-state index in [-0.39, 0.29) is 43.4 Å². The van der Waals surface area contributed by atoms with Crippen LogP contribution in [0.3, 0.4) is 0 Å². The van der Waals surface area contributed by atoms with Crippen molar-refractivity contribution in [2.45, 2.75) is 53.4 Å². The number of allylic oxidation sites excluding steroid dienone is 1. The third-order valence-corrected chi connectivity index (χ3v) is 4.89. The Bertz CT molecular complexity index is 1020. The van der Waals surface area contributed by atoms with Gasteiger partial charge in [-0.15, -0.1) is 0 Å². The maximum atomic E-state index is 13.0. The van der Waals surface area contributed by atoms with Crippen molar-refractivity contribution in [2.24, 2.45) is 10.9 Å². The predicted octanol–water partition coefficient (Wildman–Crippen LogP) is 5.20. The highest BCUT2D eigenvalue weighted by atomic mass is 16.5. The summed E-state index contributed by atoms with van der Waals surface area (Å²) in [5, 5.41) is 10.4. The number of hydrogen-bond acceptors (Lipinski definition) is 7. The van der Waals surface area contributed by atoms with Crippen LogP contribution < -0.4 is 0 Å². The van der Waals surface area contributed by atoms with Crippen molar-refractivity contribution in [1.82, 2.24) is 0 Å². The lowest BCUT2D eigenvalue weighted by Gasteiger charge is -2.24. The monoisotopic (exact) mass is 481 g/mol. The van der Waals surface area contributed by atoms with Crippen molar-refractivity contribution < 1.29 is 28.9 Å². The molecule has 0 aliphatic carbocycles. The van der Waals surface area contributed by atoms with Crippen LogP contribution in [0, 0.1) is 5.92 Å². The number of hydrogen-bond donors (Lipinski definition) is 1. The molecule has 2 aromatic carbocycles. The van der Waals surface area contributed by atoms with E-state index in [1.165, 1.54) is 6.92 Å². The molecule has 1 atom stereocenters. The van der Waals surface area contributed by atoms with Crippen LogP contribution in [0.5, 0.6) is 0 Å². The molecule has 1 unspecified atom stereocenters. The van der Waals surface area contributed by atoms with Gasteiger partial charge in [-0.2, -0.15) is 0 Å². The molecule has 188 valence electrons. The number of aliphatic hydroxyl groups is 1. The molecule has 2 rings (SSSR count). The van der Waals surface area contributed by atoms with Gasteiger partial charge in [0.05, 0.1) is 17.9 Å². The fourth-order valence-electron chi connectivity index (χ4n) is 3.10. The molecule has 0 saturated heterocycles. The molecule has 0 aliphatic heterocycles. The lowest BCUT2D eigenvalue weighted by atomic mass is 9.97. The Hall–Kier alpha value is -3.45. The molecular formula is C28H35NO6. The Morgan fingerprint density at radius 2 is 1.43 bits per heavy atom. The average Bonchev–Trinajstić information content (AvgIpc) is 2.82. The largest absolute Gasteiger partial charge is 0.512 e. The zero-order valence-corrected chi connectivity index (χ0v) is 21.1. The summed E-state index contributed by atoms with van der Waals surface area (Å²) < 4.78 is 16.6. The zero-order chi connectivity index (χ0) is 25.8. The molecule has 7 heteroatoms. The molecule has 2 aromatic rings. The molecule has 7 nitrogen and oxygen atoms in total. The predicted molar refractivity (Wildman–Crippen MR) is 135 cm³/mol. The molecule has 35 heavy (non-hydrogen) atoms. The van der Waals surface area contributed by atoms with Crippen LogP contribution in [-0.4, -0.2) is 41.5 Å². The summed E-state index contributed by atoms with van der Waals surface area (Å²) in [6, 6.07) is 18.5. The Kier molecular flexibility index (Phi) is 10.7. The Morgan fingerprint density at radius 1 is 0.914 bits per heavy atom. The molecule has 0 spiro atoms. The molecule has 0 radical (unpaired) electrons. The van der Waals surface area contributed by atoms with Gasteiger partial charge in [0.25, 0.3) is 0 Å². The van der Waals surface area contributed by atoms with Crippen LogP contribution in [0.25, 0.3) is 0 Å². The van der Waals surface area contributed by atoms with Crippen molar-refractivity contribution in [3.63, 3.8) is 0 Å². The molecule has 0 saturated carbocycles. The highest BCUT2D eigenvalue weighted by Gasteiger charge is 2.27. The van der Waals surface area contributed by atoms with E-state index in [1.807, 2.05) is 88.4 Å². The van der Waals surface area contributed by atoms with E-state index in [0.29, 0.717) is 0 Å². The van der Waals surface area contributed by atoms with Gasteiger partial charge in [-0.25, -0.2) is 4.79 Å². The molecule has 0 heterocycles. The van der Waals surface area contributed by atoms with Gasteiger partial charge in [0.15, 0.2) is 0 Å². The molecule has 0 fully saturated rings. The van der Waals surface area contributed by atoms with Gasteiger partial charge in [-0.1, -0.05) is 67.6 Å². The van der Waals surface area contributed by atoms with Crippen molar-refractivity contribution in [2.75, 3.05) is 13.2 Å². The average molecular weight is 482 g/mol. The van der Waals surface area contributed by atoms with E-state index in [4.69, 9.17) is 14.2 Å². The quantitative estimate of drug-likeness (QED) is 0.205. The minimum absolute atomic E-state index is 0.0374. The summed E-state index contributed by atoms with van der Waals surface area (Å²) in [5.41, 5.74) is 1.39. The number of esters is 2. The van der Waals surface area contributed by atoms with Crippen LogP contribution in [0.2, 0.25) is 0 Å². The topological polar surface area (TPSA) is 94.4 Å². The van der Waals surface area contributed by atoms with E-state index < -0.39 is 23.5 Å². The second kappa shape index (κ2) is 13.4. The van der Waals surface area contributed by atoms with Gasteiger partial charge in [0.1, 0.15) is 31.1 Å². The highest BCUT2D eigenvalue weighted by molar-refractivity contribution is 6.21. The minimum atomic E-state index is -0.729. The normalized spacial score (nSPS) is 13.6. The number of benzene rings is 2. The summed E-state index contributed by atoms with van der Waals surface area (Å²) in [7, 11) is 0. The Morgan fingerprint density at radius 3 is 1.91 bits per heavy atom. The minimum Gasteiger partial charge on any atom is -0.512 e. The number of aliphatic hydroxyl groups excluding tert-OH is 1. The molecule has 0 aliphatic rings. The Balaban J connectivity index is 2.19. The van der Waals surface area contributed by atoms with Crippen LogP contribution >= 0.6 is 0 Å². The third-order valence-electron chi connectivity index (χ3n) is 4.89. The first-order chi connectivity index (χ1) is 16.6. The second-order valence-corrected chi connectivity index (χ2v) is 9.19. The number of carbonyl (C=O) groups excluding carboxylic acids is 2. The highest BCUT2D eigenvalue weighted by Crippen LogP contribution is 2.19. The SMILES string of the molecule is CC(O)=C(C(=O)OCc1ccccc1)C(=NCC(=O)OCc1ccccc1)C(C)COC(C)(C)C. The van der Waals surface area contributed by atoms with Crippen LogP contribution in [0.4, 0.5) is 0 Å². The fraction of sp³-hybridized carbons (Fsp3) is 0.393. The van der Waals surface area contributed by atoms with E-state index >= 15 is 0 Å². The maximum Gasteiger partial charge on any atom is 0.343 e. The number of ether oxygens (including phenoxy) is 3. The van der Waals surface area contributed by atoms with Crippen molar-refractivity contribution in [3.8, 4) is 0 Å². The van der Waals surface area contributed by atoms with Gasteiger partial charge in [0.2, 0.25) is 0 Å². The van der Waals surface area contributed by atoms with E-state index in [9.17, 15) is 14.7 Å². The molecule has 1 N–H and O–H groups in total. The van der Waals surface area contributed by atoms with Crippen LogP contribution in [0.1, 0.15) is 45.7 Å². The molecule has 0 aromatic heterocycles. The van der Waals surface area contributed by atoms with E-state index in [0.717, 1.165) is 11.1 Å². The van der Waals surface area contributed by atoms with Gasteiger partial charge >= 0.3 is 11.9 Å². The number of carbonyl (C=O) groups is 2. The lowest BCUT2D eigenvalue weighted by Crippen LogP contribution is -2.30. The van der Waals surface area contributed by atoms with Crippen molar-refractivity contribution in [1.29, 1.82) is 0 Å². The molecule has 0 amide bonds. The number of aliphatic imine (C=N–C) groups is 1. The third kappa shape index (κ3) is 10.1. The molecule has 0 bridgehead atoms. The summed E-state index contributed by atoms with van der Waals surface area (Å²) in [4.78, 5) is 29.7. The van der Waals surface area contributed by atoms with Crippen molar-refractivity contribution in [3.05, 3.63) is 83.1 Å². The van der Waals surface area contributed by atoms with Crippen molar-refractivity contribution >= 4 is 17.7 Å². The second-order valence-electron chi connectivity index (χ2n) is 9.19. The molecular weight excluding hydrogens is 446 g/mol. The summed E-state index contributed by atoms with van der Waals surface area (Å²) in [5.74, 6) is -1.93. The van der Waals surface area contributed by atoms with Crippen LogP contribution in [0.15, 0.2) is 77.0 Å². The van der Waals surface area contributed by atoms with E-state index in [2.05, 4.69) is 4.99 Å². The first-order valence-corrected chi connectivity index (χ1v) is 11.6. The van der Waals surface area contributed by atoms with Crippen LogP contribution in [-0.2, 0) is 37.0 Å². The summed E-state index contributed by atoms with van der Waals surface area (Å²) >= 11 is 0. The lowest BCUT2D eigenvalue weighted by molar-refractivity contribution is -0.143. The smallest absolute Gasteiger partial charge is 0.343 e. The fourth-order valence-corrected chi connectivity index (χ4v) is 3.10. The zero-order valence-electron chi connectivity index (χ0n) is 21.1. The number of rotatable bonds is 11. The van der Waals surface area contributed by atoms with E-state index in [1.54, 1.807) is 0 Å². The number of nitrogens with zero attached hydrogens (tertiary/aromatic N) is 1. The van der Waals surface area contributed by atoms with Gasteiger partial charge in [-0.3, -0.25) is 9.79 Å². The summed E-state index contributed by atoms with van der Waals surface area (Å²) in [6.07, 6.45) is 0. The van der Waals surface area contributed by atoms with Gasteiger partial charge in [-0.05, 0) is 38.8 Å². The Labute approximate surface area is 207 Å². The standard InChI is InChI=1S/C28H35NO6/c1-20(17-35-28(3,4)5)26(29-16-24(31)33-18-22-12-8-6-9-13-22)25(21(2)30)27(32)34-19-23-14-10-7-11-15-23/h6-15,20,30H,16-19H2,1-5H3. The first kappa shape index (κ1) is 27.8. The van der Waals surface area contributed by atoms with Gasteiger partial charge in [0, 0.05) is 5.92 Å². The maximum absolute atomic E-state index is 13.0. The van der Waals surface area contributed by atoms with Gasteiger partial charge < -0.3 is 19.3 Å².